The van der Waals surface area contributed by atoms with E-state index in [0.717, 1.165) is 5.56 Å². The van der Waals surface area contributed by atoms with Crippen LogP contribution in [-0.4, -0.2) is 47.6 Å². The topological polar surface area (TPSA) is 81.7 Å². The molecule has 1 saturated heterocycles. The van der Waals surface area contributed by atoms with E-state index in [9.17, 15) is 14.7 Å². The largest absolute Gasteiger partial charge is 0.384 e. The van der Waals surface area contributed by atoms with Crippen LogP contribution < -0.4 is 10.6 Å². The van der Waals surface area contributed by atoms with Gasteiger partial charge in [0.2, 0.25) is 5.91 Å². The minimum atomic E-state index is -1.06. The molecule has 1 heterocycles. The molecule has 0 aliphatic carbocycles. The van der Waals surface area contributed by atoms with Crippen LogP contribution >= 0.6 is 11.6 Å². The molecule has 2 rings (SSSR count). The van der Waals surface area contributed by atoms with Gasteiger partial charge in [-0.3, -0.25) is 4.79 Å². The highest BCUT2D eigenvalue weighted by Crippen LogP contribution is 2.46. The number of aliphatic hydroxyl groups is 1. The number of halogens is 1. The first-order valence-corrected chi connectivity index (χ1v) is 10.2. The van der Waals surface area contributed by atoms with Crippen molar-refractivity contribution in [2.24, 2.45) is 11.3 Å². The SMILES string of the molecule is CCNC(=O)N[C@@H](C(=O)N1CC[C@](O)(c2ccc(Cl)cc2)C(C)(C)C1)C(C)C. The monoisotopic (exact) mass is 409 g/mol. The minimum absolute atomic E-state index is 0.0460. The van der Waals surface area contributed by atoms with E-state index < -0.39 is 17.1 Å². The molecule has 0 radical (unpaired) electrons. The second-order valence-corrected chi connectivity index (χ2v) is 8.92. The first kappa shape index (κ1) is 22.5. The molecular weight excluding hydrogens is 378 g/mol. The highest BCUT2D eigenvalue weighted by atomic mass is 35.5. The number of carbonyl (C=O) groups is 2. The molecule has 28 heavy (non-hydrogen) atoms. The van der Waals surface area contributed by atoms with Crippen LogP contribution in [0.5, 0.6) is 0 Å². The Balaban J connectivity index is 2.18. The van der Waals surface area contributed by atoms with Crippen molar-refractivity contribution in [3.05, 3.63) is 34.9 Å². The molecule has 0 spiro atoms. The molecule has 0 saturated carbocycles. The minimum Gasteiger partial charge on any atom is -0.384 e. The number of hydrogen-bond acceptors (Lipinski definition) is 3. The molecular formula is C21H32ClN3O3. The molecule has 3 N–H and O–H groups in total. The number of hydrogen-bond donors (Lipinski definition) is 3. The predicted octanol–water partition coefficient (Wildman–Crippen LogP) is 3.13. The van der Waals surface area contributed by atoms with Crippen LogP contribution in [0.2, 0.25) is 5.02 Å². The van der Waals surface area contributed by atoms with E-state index in [1.165, 1.54) is 0 Å². The number of carbonyl (C=O) groups excluding carboxylic acids is 2. The molecule has 2 atom stereocenters. The second-order valence-electron chi connectivity index (χ2n) is 8.49. The third-order valence-corrected chi connectivity index (χ3v) is 5.89. The average Bonchev–Trinajstić information content (AvgIpc) is 2.62. The Morgan fingerprint density at radius 2 is 1.86 bits per heavy atom. The normalized spacial score (nSPS) is 22.6. The Kier molecular flexibility index (Phi) is 6.99. The van der Waals surface area contributed by atoms with Crippen molar-refractivity contribution >= 4 is 23.5 Å². The van der Waals surface area contributed by atoms with Gasteiger partial charge in [0, 0.05) is 30.1 Å². The van der Waals surface area contributed by atoms with Crippen molar-refractivity contribution < 1.29 is 14.7 Å². The van der Waals surface area contributed by atoms with Crippen LogP contribution in [0.4, 0.5) is 4.79 Å². The highest BCUT2D eigenvalue weighted by molar-refractivity contribution is 6.30. The van der Waals surface area contributed by atoms with Crippen molar-refractivity contribution in [3.8, 4) is 0 Å². The molecule has 0 bridgehead atoms. The molecule has 156 valence electrons. The Labute approximate surface area is 172 Å². The van der Waals surface area contributed by atoms with Gasteiger partial charge < -0.3 is 20.6 Å². The van der Waals surface area contributed by atoms with Gasteiger partial charge in [-0.1, -0.05) is 51.4 Å². The third kappa shape index (κ3) is 4.61. The first-order valence-electron chi connectivity index (χ1n) is 9.83. The summed E-state index contributed by atoms with van der Waals surface area (Å²) in [5, 5.41) is 17.5. The lowest BCUT2D eigenvalue weighted by Crippen LogP contribution is -2.61. The quantitative estimate of drug-likeness (QED) is 0.698. The van der Waals surface area contributed by atoms with E-state index in [1.807, 2.05) is 46.8 Å². The number of amides is 3. The lowest BCUT2D eigenvalue weighted by molar-refractivity contribution is -0.155. The summed E-state index contributed by atoms with van der Waals surface area (Å²) >= 11 is 5.99. The summed E-state index contributed by atoms with van der Waals surface area (Å²) in [5.74, 6) is -0.164. The number of rotatable bonds is 5. The maximum Gasteiger partial charge on any atom is 0.315 e. The van der Waals surface area contributed by atoms with Crippen molar-refractivity contribution in [1.82, 2.24) is 15.5 Å². The van der Waals surface area contributed by atoms with E-state index in [2.05, 4.69) is 10.6 Å². The van der Waals surface area contributed by atoms with E-state index in [4.69, 9.17) is 11.6 Å². The van der Waals surface area contributed by atoms with Gasteiger partial charge in [0.25, 0.3) is 0 Å². The zero-order valence-corrected chi connectivity index (χ0v) is 18.1. The summed E-state index contributed by atoms with van der Waals surface area (Å²) < 4.78 is 0. The molecule has 1 fully saturated rings. The van der Waals surface area contributed by atoms with Gasteiger partial charge in [0.15, 0.2) is 0 Å². The number of benzene rings is 1. The molecule has 1 aliphatic rings. The molecule has 7 heteroatoms. The molecule has 1 aromatic rings. The summed E-state index contributed by atoms with van der Waals surface area (Å²) in [7, 11) is 0. The van der Waals surface area contributed by atoms with E-state index in [1.54, 1.807) is 17.0 Å². The average molecular weight is 410 g/mol. The van der Waals surface area contributed by atoms with E-state index in [0.29, 0.717) is 31.1 Å². The van der Waals surface area contributed by atoms with Gasteiger partial charge in [-0.25, -0.2) is 4.79 Å². The second kappa shape index (κ2) is 8.70. The standard InChI is InChI=1S/C21H32ClN3O3/c1-6-23-19(27)24-17(14(2)3)18(26)25-12-11-21(28,20(4,5)13-25)15-7-9-16(22)10-8-15/h7-10,14,17,28H,6,11-13H2,1-5H3,(H2,23,24,27)/t17-,21+/m1/s1. The summed E-state index contributed by atoms with van der Waals surface area (Å²) in [5.41, 5.74) is -0.828. The van der Waals surface area contributed by atoms with Gasteiger partial charge in [-0.05, 0) is 37.0 Å². The van der Waals surface area contributed by atoms with Crippen LogP contribution in [-0.2, 0) is 10.4 Å². The predicted molar refractivity (Wildman–Crippen MR) is 111 cm³/mol. The zero-order valence-electron chi connectivity index (χ0n) is 17.4. The fraction of sp³-hybridized carbons (Fsp3) is 0.619. The Morgan fingerprint density at radius 1 is 1.25 bits per heavy atom. The lowest BCUT2D eigenvalue weighted by Gasteiger charge is -2.51. The number of nitrogens with zero attached hydrogens (tertiary/aromatic N) is 1. The van der Waals surface area contributed by atoms with Crippen LogP contribution in [0.15, 0.2) is 24.3 Å². The molecule has 1 aliphatic heterocycles. The highest BCUT2D eigenvalue weighted by Gasteiger charge is 2.50. The summed E-state index contributed by atoms with van der Waals surface area (Å²) in [6.07, 6.45) is 0.416. The molecule has 0 aromatic heterocycles. The molecule has 6 nitrogen and oxygen atoms in total. The summed E-state index contributed by atoms with van der Waals surface area (Å²) in [6.45, 7) is 10.9. The Bertz CT molecular complexity index is 705. The van der Waals surface area contributed by atoms with Crippen molar-refractivity contribution in [2.45, 2.75) is 52.7 Å². The fourth-order valence-electron chi connectivity index (χ4n) is 3.83. The van der Waals surface area contributed by atoms with Gasteiger partial charge in [0.05, 0.1) is 5.60 Å². The smallest absolute Gasteiger partial charge is 0.315 e. The zero-order chi connectivity index (χ0) is 21.1. The lowest BCUT2D eigenvalue weighted by atomic mass is 9.66. The van der Waals surface area contributed by atoms with Crippen LogP contribution in [0, 0.1) is 11.3 Å². The number of piperidine rings is 1. The Hall–Kier alpha value is -1.79. The molecule has 3 amide bonds. The number of nitrogens with one attached hydrogen (secondary N) is 2. The van der Waals surface area contributed by atoms with Gasteiger partial charge in [-0.15, -0.1) is 0 Å². The van der Waals surface area contributed by atoms with E-state index in [-0.39, 0.29) is 17.9 Å². The van der Waals surface area contributed by atoms with Crippen LogP contribution in [0.3, 0.4) is 0 Å². The maximum atomic E-state index is 13.1. The van der Waals surface area contributed by atoms with Gasteiger partial charge >= 0.3 is 6.03 Å². The fourth-order valence-corrected chi connectivity index (χ4v) is 3.96. The molecule has 0 unspecified atom stereocenters. The van der Waals surface area contributed by atoms with Crippen molar-refractivity contribution in [3.63, 3.8) is 0 Å². The van der Waals surface area contributed by atoms with Crippen LogP contribution in [0.1, 0.15) is 46.6 Å². The van der Waals surface area contributed by atoms with Crippen molar-refractivity contribution in [1.29, 1.82) is 0 Å². The van der Waals surface area contributed by atoms with Crippen molar-refractivity contribution in [2.75, 3.05) is 19.6 Å². The van der Waals surface area contributed by atoms with E-state index >= 15 is 0 Å². The van der Waals surface area contributed by atoms with Gasteiger partial charge in [0.1, 0.15) is 6.04 Å². The number of likely N-dealkylation sites (tertiary alicyclic amines) is 1. The third-order valence-electron chi connectivity index (χ3n) is 5.64. The van der Waals surface area contributed by atoms with Crippen LogP contribution in [0.25, 0.3) is 0 Å². The Morgan fingerprint density at radius 3 is 2.36 bits per heavy atom. The summed E-state index contributed by atoms with van der Waals surface area (Å²) in [6, 6.07) is 6.28. The van der Waals surface area contributed by atoms with Gasteiger partial charge in [-0.2, -0.15) is 0 Å². The summed E-state index contributed by atoms with van der Waals surface area (Å²) in [4.78, 5) is 26.8. The first-order chi connectivity index (χ1) is 13.0. The maximum absolute atomic E-state index is 13.1. The molecule has 1 aromatic carbocycles. The number of urea groups is 1.